The second kappa shape index (κ2) is 5.57. The highest BCUT2D eigenvalue weighted by atomic mass is 16.6. The van der Waals surface area contributed by atoms with Gasteiger partial charge in [0.05, 0.1) is 6.04 Å². The molecule has 120 valence electrons. The first-order valence-electron chi connectivity index (χ1n) is 7.71. The number of hydrogen-bond donors (Lipinski definition) is 0. The molecule has 0 aliphatic carbocycles. The van der Waals surface area contributed by atoms with Gasteiger partial charge >= 0.3 is 0 Å². The third kappa shape index (κ3) is 2.52. The van der Waals surface area contributed by atoms with Gasteiger partial charge in [0.15, 0.2) is 17.3 Å². The number of benzene rings is 1. The topological polar surface area (TPSA) is 77.7 Å². The second-order valence-corrected chi connectivity index (χ2v) is 5.73. The van der Waals surface area contributed by atoms with Crippen molar-refractivity contribution in [3.63, 3.8) is 0 Å². The number of likely N-dealkylation sites (tertiary alicyclic amines) is 1. The van der Waals surface area contributed by atoms with Crippen molar-refractivity contribution in [3.05, 3.63) is 36.0 Å². The van der Waals surface area contributed by atoms with E-state index in [1.54, 1.807) is 17.9 Å². The van der Waals surface area contributed by atoms with Crippen molar-refractivity contribution in [2.75, 3.05) is 13.2 Å². The molecule has 2 atom stereocenters. The number of aryl methyl sites for hydroxylation is 1. The maximum atomic E-state index is 12.8. The molecule has 0 N–H and O–H groups in total. The quantitative estimate of drug-likeness (QED) is 0.842. The Labute approximate surface area is 133 Å². The molecule has 1 fully saturated rings. The summed E-state index contributed by atoms with van der Waals surface area (Å²) in [6.45, 7) is 2.62. The Morgan fingerprint density at radius 1 is 1.30 bits per heavy atom. The fourth-order valence-electron chi connectivity index (χ4n) is 3.08. The van der Waals surface area contributed by atoms with Gasteiger partial charge in [0.2, 0.25) is 12.0 Å². The summed E-state index contributed by atoms with van der Waals surface area (Å²) in [5.41, 5.74) is 0. The molecule has 1 aromatic heterocycles. The Morgan fingerprint density at radius 3 is 2.91 bits per heavy atom. The molecule has 7 heteroatoms. The van der Waals surface area contributed by atoms with E-state index in [1.165, 1.54) is 0 Å². The van der Waals surface area contributed by atoms with Gasteiger partial charge in [-0.2, -0.15) is 4.98 Å². The molecule has 1 amide bonds. The van der Waals surface area contributed by atoms with Crippen LogP contribution in [0, 0.1) is 6.92 Å². The monoisotopic (exact) mass is 315 g/mol. The predicted octanol–water partition coefficient (Wildman–Crippen LogP) is 1.88. The number of hydrogen-bond acceptors (Lipinski definition) is 6. The molecule has 2 aromatic rings. The van der Waals surface area contributed by atoms with Crippen LogP contribution in [0.1, 0.15) is 30.6 Å². The average Bonchev–Trinajstić information content (AvgIpc) is 3.22. The molecule has 4 rings (SSSR count). The lowest BCUT2D eigenvalue weighted by molar-refractivity contribution is -0.142. The Morgan fingerprint density at radius 2 is 2.13 bits per heavy atom. The molecule has 2 aliphatic rings. The molecule has 2 aliphatic heterocycles. The average molecular weight is 315 g/mol. The van der Waals surface area contributed by atoms with Gasteiger partial charge in [0.25, 0.3) is 5.91 Å². The van der Waals surface area contributed by atoms with Gasteiger partial charge in [-0.3, -0.25) is 4.79 Å². The summed E-state index contributed by atoms with van der Waals surface area (Å²) >= 11 is 0. The first-order chi connectivity index (χ1) is 11.2. The highest BCUT2D eigenvalue weighted by Gasteiger charge is 2.39. The lowest BCUT2D eigenvalue weighted by atomic mass is 10.2. The first kappa shape index (κ1) is 14.0. The van der Waals surface area contributed by atoms with E-state index in [0.29, 0.717) is 29.8 Å². The lowest BCUT2D eigenvalue weighted by Gasteiger charge is -2.30. The molecule has 1 saturated heterocycles. The maximum Gasteiger partial charge on any atom is 0.267 e. The van der Waals surface area contributed by atoms with Gasteiger partial charge in [0, 0.05) is 13.5 Å². The van der Waals surface area contributed by atoms with Crippen LogP contribution in [0.25, 0.3) is 0 Å². The number of para-hydroxylation sites is 2. The molecule has 7 nitrogen and oxygen atoms in total. The van der Waals surface area contributed by atoms with E-state index in [9.17, 15) is 4.79 Å². The fraction of sp³-hybridized carbons (Fsp3) is 0.438. The van der Waals surface area contributed by atoms with E-state index in [0.717, 1.165) is 12.8 Å². The van der Waals surface area contributed by atoms with E-state index in [1.807, 2.05) is 18.2 Å². The third-order valence-electron chi connectivity index (χ3n) is 4.16. The summed E-state index contributed by atoms with van der Waals surface area (Å²) in [7, 11) is 0. The summed E-state index contributed by atoms with van der Waals surface area (Å²) in [5, 5.41) is 3.96. The van der Waals surface area contributed by atoms with Crippen molar-refractivity contribution in [1.29, 1.82) is 0 Å². The van der Waals surface area contributed by atoms with Crippen LogP contribution in [0.3, 0.4) is 0 Å². The first-order valence-corrected chi connectivity index (χ1v) is 7.71. The molecule has 2 unspecified atom stereocenters. The third-order valence-corrected chi connectivity index (χ3v) is 4.16. The van der Waals surface area contributed by atoms with E-state index in [2.05, 4.69) is 10.1 Å². The van der Waals surface area contributed by atoms with E-state index >= 15 is 0 Å². The summed E-state index contributed by atoms with van der Waals surface area (Å²) < 4.78 is 16.5. The number of rotatable bonds is 2. The van der Waals surface area contributed by atoms with Crippen molar-refractivity contribution in [3.8, 4) is 11.5 Å². The number of carbonyl (C=O) groups excluding carboxylic acids is 1. The van der Waals surface area contributed by atoms with Gasteiger partial charge in [-0.1, -0.05) is 17.3 Å². The maximum absolute atomic E-state index is 12.8. The Hall–Kier alpha value is -2.57. The van der Waals surface area contributed by atoms with Gasteiger partial charge in [-0.25, -0.2) is 0 Å². The van der Waals surface area contributed by atoms with Crippen molar-refractivity contribution in [2.45, 2.75) is 31.9 Å². The summed E-state index contributed by atoms with van der Waals surface area (Å²) in [4.78, 5) is 18.9. The fourth-order valence-corrected chi connectivity index (χ4v) is 3.08. The summed E-state index contributed by atoms with van der Waals surface area (Å²) in [5.74, 6) is 2.24. The minimum atomic E-state index is -0.640. The Bertz CT molecular complexity index is 730. The van der Waals surface area contributed by atoms with Crippen LogP contribution >= 0.6 is 0 Å². The van der Waals surface area contributed by atoms with E-state index in [-0.39, 0.29) is 18.6 Å². The number of ether oxygens (including phenoxy) is 2. The minimum Gasteiger partial charge on any atom is -0.485 e. The normalized spacial score (nSPS) is 23.1. The van der Waals surface area contributed by atoms with E-state index in [4.69, 9.17) is 14.0 Å². The van der Waals surface area contributed by atoms with Crippen molar-refractivity contribution >= 4 is 5.91 Å². The van der Waals surface area contributed by atoms with Crippen molar-refractivity contribution in [1.82, 2.24) is 15.0 Å². The van der Waals surface area contributed by atoms with Gasteiger partial charge in [-0.15, -0.1) is 0 Å². The number of fused-ring (bicyclic) bond motifs is 1. The number of amides is 1. The minimum absolute atomic E-state index is 0.0931. The zero-order valence-electron chi connectivity index (χ0n) is 12.8. The zero-order valence-corrected chi connectivity index (χ0v) is 12.8. The Balaban J connectivity index is 1.52. The lowest BCUT2D eigenvalue weighted by Crippen LogP contribution is -2.46. The number of nitrogens with zero attached hydrogens (tertiary/aromatic N) is 3. The molecule has 3 heterocycles. The number of aromatic nitrogens is 2. The van der Waals surface area contributed by atoms with Crippen LogP contribution in [-0.4, -0.2) is 40.2 Å². The highest BCUT2D eigenvalue weighted by Crippen LogP contribution is 2.34. The van der Waals surface area contributed by atoms with Crippen LogP contribution < -0.4 is 9.47 Å². The van der Waals surface area contributed by atoms with Crippen molar-refractivity contribution in [2.24, 2.45) is 0 Å². The largest absolute Gasteiger partial charge is 0.485 e. The van der Waals surface area contributed by atoms with Crippen LogP contribution in [0.4, 0.5) is 0 Å². The Kier molecular flexibility index (Phi) is 3.40. The molecular formula is C16H17N3O4. The highest BCUT2D eigenvalue weighted by molar-refractivity contribution is 5.82. The van der Waals surface area contributed by atoms with Crippen LogP contribution in [-0.2, 0) is 4.79 Å². The predicted molar refractivity (Wildman–Crippen MR) is 79.1 cm³/mol. The van der Waals surface area contributed by atoms with Crippen LogP contribution in [0.2, 0.25) is 0 Å². The zero-order chi connectivity index (χ0) is 15.8. The molecule has 0 spiro atoms. The van der Waals surface area contributed by atoms with Gasteiger partial charge in [0.1, 0.15) is 6.61 Å². The summed E-state index contributed by atoms with van der Waals surface area (Å²) in [6, 6.07) is 7.21. The van der Waals surface area contributed by atoms with Crippen molar-refractivity contribution < 1.29 is 18.8 Å². The second-order valence-electron chi connectivity index (χ2n) is 5.73. The van der Waals surface area contributed by atoms with Crippen LogP contribution in [0.15, 0.2) is 28.8 Å². The molecule has 0 radical (unpaired) electrons. The standard InChI is InChI=1S/C16H17N3O4/c1-10-17-15(18-23-10)11-5-4-8-19(11)16(20)14-9-21-12-6-2-3-7-13(12)22-14/h2-3,6-7,11,14H,4-5,8-9H2,1H3. The molecule has 23 heavy (non-hydrogen) atoms. The molecule has 1 aromatic carbocycles. The molecular weight excluding hydrogens is 298 g/mol. The summed E-state index contributed by atoms with van der Waals surface area (Å²) in [6.07, 6.45) is 1.10. The smallest absolute Gasteiger partial charge is 0.267 e. The van der Waals surface area contributed by atoms with E-state index < -0.39 is 6.10 Å². The molecule has 0 bridgehead atoms. The van der Waals surface area contributed by atoms with Crippen LogP contribution in [0.5, 0.6) is 11.5 Å². The SMILES string of the molecule is Cc1nc(C2CCCN2C(=O)C2COc3ccccc3O2)no1. The van der Waals surface area contributed by atoms with Gasteiger partial charge in [-0.05, 0) is 25.0 Å². The molecule has 0 saturated carbocycles. The number of carbonyl (C=O) groups is 1. The van der Waals surface area contributed by atoms with Gasteiger partial charge < -0.3 is 18.9 Å².